The zero-order valence-corrected chi connectivity index (χ0v) is 8.71. The van der Waals surface area contributed by atoms with Crippen molar-refractivity contribution < 1.29 is 9.13 Å². The summed E-state index contributed by atoms with van der Waals surface area (Å²) >= 11 is 0. The predicted molar refractivity (Wildman–Crippen MR) is 56.7 cm³/mol. The first kappa shape index (κ1) is 10.6. The van der Waals surface area contributed by atoms with Crippen molar-refractivity contribution in [2.24, 2.45) is 11.7 Å². The van der Waals surface area contributed by atoms with Gasteiger partial charge in [-0.15, -0.1) is 0 Å². The van der Waals surface area contributed by atoms with E-state index in [2.05, 4.69) is 0 Å². The number of rotatable bonds is 5. The molecule has 82 valence electrons. The summed E-state index contributed by atoms with van der Waals surface area (Å²) in [7, 11) is 0. The summed E-state index contributed by atoms with van der Waals surface area (Å²) in [6.45, 7) is 1.55. The average molecular weight is 209 g/mol. The molecular weight excluding hydrogens is 193 g/mol. The van der Waals surface area contributed by atoms with Crippen LogP contribution in [0, 0.1) is 11.7 Å². The fourth-order valence-electron chi connectivity index (χ4n) is 1.49. The number of nitrogens with two attached hydrogens (primary N) is 1. The van der Waals surface area contributed by atoms with Gasteiger partial charge in [-0.3, -0.25) is 0 Å². The third-order valence-electron chi connectivity index (χ3n) is 2.65. The monoisotopic (exact) mass is 209 g/mol. The second kappa shape index (κ2) is 4.73. The highest BCUT2D eigenvalue weighted by atomic mass is 19.1. The van der Waals surface area contributed by atoms with E-state index in [0.717, 1.165) is 12.2 Å². The Hall–Kier alpha value is -0.930. The van der Waals surface area contributed by atoms with E-state index in [1.165, 1.54) is 18.9 Å². The molecule has 0 radical (unpaired) electrons. The normalized spacial score (nSPS) is 15.6. The lowest BCUT2D eigenvalue weighted by molar-refractivity contribution is 0.109. The number of halogens is 1. The standard InChI is InChI=1S/C12H16FNO/c13-12-4-3-10(6-14)5-11(12)8-15-7-9-1-2-9/h3-5,9H,1-2,6-8,14H2. The average Bonchev–Trinajstić information content (AvgIpc) is 3.05. The van der Waals surface area contributed by atoms with Gasteiger partial charge in [0.25, 0.3) is 0 Å². The first-order chi connectivity index (χ1) is 7.29. The van der Waals surface area contributed by atoms with Crippen LogP contribution in [0.25, 0.3) is 0 Å². The highest BCUT2D eigenvalue weighted by Crippen LogP contribution is 2.29. The fraction of sp³-hybridized carbons (Fsp3) is 0.500. The second-order valence-corrected chi connectivity index (χ2v) is 4.09. The molecule has 1 aliphatic rings. The van der Waals surface area contributed by atoms with Gasteiger partial charge >= 0.3 is 0 Å². The molecule has 0 aliphatic heterocycles. The van der Waals surface area contributed by atoms with Gasteiger partial charge < -0.3 is 10.5 Å². The van der Waals surface area contributed by atoms with Gasteiger partial charge in [0.2, 0.25) is 0 Å². The van der Waals surface area contributed by atoms with Gasteiger partial charge in [-0.2, -0.15) is 0 Å². The molecule has 1 fully saturated rings. The molecule has 2 N–H and O–H groups in total. The smallest absolute Gasteiger partial charge is 0.128 e. The lowest BCUT2D eigenvalue weighted by atomic mass is 10.1. The SMILES string of the molecule is NCc1ccc(F)c(COCC2CC2)c1. The van der Waals surface area contributed by atoms with E-state index >= 15 is 0 Å². The molecule has 0 saturated heterocycles. The lowest BCUT2D eigenvalue weighted by Crippen LogP contribution is -2.02. The summed E-state index contributed by atoms with van der Waals surface area (Å²) in [5.74, 6) is 0.508. The lowest BCUT2D eigenvalue weighted by Gasteiger charge is -2.06. The quantitative estimate of drug-likeness (QED) is 0.807. The van der Waals surface area contributed by atoms with Crippen LogP contribution in [0.1, 0.15) is 24.0 Å². The molecule has 1 saturated carbocycles. The zero-order chi connectivity index (χ0) is 10.7. The van der Waals surface area contributed by atoms with Crippen molar-refractivity contribution in [3.8, 4) is 0 Å². The summed E-state index contributed by atoms with van der Waals surface area (Å²) in [6.07, 6.45) is 2.51. The number of benzene rings is 1. The van der Waals surface area contributed by atoms with E-state index in [-0.39, 0.29) is 5.82 Å². The summed E-state index contributed by atoms with van der Waals surface area (Å²) in [4.78, 5) is 0. The van der Waals surface area contributed by atoms with Gasteiger partial charge in [-0.1, -0.05) is 6.07 Å². The van der Waals surface area contributed by atoms with Gasteiger partial charge in [0.15, 0.2) is 0 Å². The van der Waals surface area contributed by atoms with Gasteiger partial charge in [0, 0.05) is 18.7 Å². The van der Waals surface area contributed by atoms with Crippen molar-refractivity contribution in [3.63, 3.8) is 0 Å². The molecular formula is C12H16FNO. The molecule has 0 bridgehead atoms. The van der Waals surface area contributed by atoms with E-state index in [0.29, 0.717) is 24.6 Å². The van der Waals surface area contributed by atoms with Crippen LogP contribution in [0.4, 0.5) is 4.39 Å². The molecule has 0 unspecified atom stereocenters. The topological polar surface area (TPSA) is 35.2 Å². The first-order valence-electron chi connectivity index (χ1n) is 5.34. The van der Waals surface area contributed by atoms with Crippen LogP contribution in [0.15, 0.2) is 18.2 Å². The van der Waals surface area contributed by atoms with E-state index in [1.807, 2.05) is 0 Å². The van der Waals surface area contributed by atoms with Gasteiger partial charge in [-0.05, 0) is 36.5 Å². The molecule has 2 rings (SSSR count). The summed E-state index contributed by atoms with van der Waals surface area (Å²) in [5, 5.41) is 0. The molecule has 3 heteroatoms. The zero-order valence-electron chi connectivity index (χ0n) is 8.71. The van der Waals surface area contributed by atoms with Crippen molar-refractivity contribution in [3.05, 3.63) is 35.1 Å². The van der Waals surface area contributed by atoms with Crippen molar-refractivity contribution >= 4 is 0 Å². The molecule has 1 aromatic carbocycles. The molecule has 0 aromatic heterocycles. The Morgan fingerprint density at radius 2 is 2.20 bits per heavy atom. The Morgan fingerprint density at radius 3 is 2.87 bits per heavy atom. The molecule has 0 amide bonds. The molecule has 15 heavy (non-hydrogen) atoms. The minimum atomic E-state index is -0.206. The molecule has 1 aliphatic carbocycles. The minimum absolute atomic E-state index is 0.206. The maximum absolute atomic E-state index is 13.3. The highest BCUT2D eigenvalue weighted by Gasteiger charge is 2.21. The van der Waals surface area contributed by atoms with Crippen molar-refractivity contribution in [2.45, 2.75) is 26.0 Å². The molecule has 0 heterocycles. The largest absolute Gasteiger partial charge is 0.376 e. The van der Waals surface area contributed by atoms with Crippen LogP contribution >= 0.6 is 0 Å². The van der Waals surface area contributed by atoms with Gasteiger partial charge in [0.05, 0.1) is 6.61 Å². The summed E-state index contributed by atoms with van der Waals surface area (Å²) < 4.78 is 18.8. The predicted octanol–water partition coefficient (Wildman–Crippen LogP) is 2.21. The number of ether oxygens (including phenoxy) is 1. The third kappa shape index (κ3) is 3.01. The van der Waals surface area contributed by atoms with E-state index < -0.39 is 0 Å². The van der Waals surface area contributed by atoms with Crippen LogP contribution in [-0.2, 0) is 17.9 Å². The highest BCUT2D eigenvalue weighted by molar-refractivity contribution is 5.24. The Labute approximate surface area is 89.2 Å². The van der Waals surface area contributed by atoms with Gasteiger partial charge in [0.1, 0.15) is 5.82 Å². The van der Waals surface area contributed by atoms with Crippen LogP contribution in [0.2, 0.25) is 0 Å². The number of hydrogen-bond donors (Lipinski definition) is 1. The Morgan fingerprint density at radius 1 is 1.40 bits per heavy atom. The molecule has 0 spiro atoms. The molecule has 2 nitrogen and oxygen atoms in total. The second-order valence-electron chi connectivity index (χ2n) is 4.09. The minimum Gasteiger partial charge on any atom is -0.376 e. The van der Waals surface area contributed by atoms with E-state index in [1.54, 1.807) is 12.1 Å². The fourth-order valence-corrected chi connectivity index (χ4v) is 1.49. The Bertz CT molecular complexity index is 336. The molecule has 0 atom stereocenters. The van der Waals surface area contributed by atoms with Gasteiger partial charge in [-0.25, -0.2) is 4.39 Å². The Kier molecular flexibility index (Phi) is 3.34. The molecule has 1 aromatic rings. The summed E-state index contributed by atoms with van der Waals surface area (Å²) in [6, 6.07) is 4.94. The van der Waals surface area contributed by atoms with Crippen LogP contribution in [-0.4, -0.2) is 6.61 Å². The van der Waals surface area contributed by atoms with E-state index in [4.69, 9.17) is 10.5 Å². The van der Waals surface area contributed by atoms with Crippen molar-refractivity contribution in [2.75, 3.05) is 6.61 Å². The van der Waals surface area contributed by atoms with Crippen LogP contribution in [0.3, 0.4) is 0 Å². The maximum atomic E-state index is 13.3. The van der Waals surface area contributed by atoms with Crippen molar-refractivity contribution in [1.29, 1.82) is 0 Å². The maximum Gasteiger partial charge on any atom is 0.128 e. The van der Waals surface area contributed by atoms with E-state index in [9.17, 15) is 4.39 Å². The first-order valence-corrected chi connectivity index (χ1v) is 5.34. The van der Waals surface area contributed by atoms with Crippen molar-refractivity contribution in [1.82, 2.24) is 0 Å². The number of hydrogen-bond acceptors (Lipinski definition) is 2. The third-order valence-corrected chi connectivity index (χ3v) is 2.65. The van der Waals surface area contributed by atoms with Crippen LogP contribution in [0.5, 0.6) is 0 Å². The Balaban J connectivity index is 1.92. The van der Waals surface area contributed by atoms with Crippen LogP contribution < -0.4 is 5.73 Å². The summed E-state index contributed by atoms with van der Waals surface area (Å²) in [5.41, 5.74) is 7.05.